The summed E-state index contributed by atoms with van der Waals surface area (Å²) >= 11 is 0. The van der Waals surface area contributed by atoms with Crippen LogP contribution in [0.2, 0.25) is 0 Å². The maximum atomic E-state index is 12.7. The Labute approximate surface area is 185 Å². The third-order valence-corrected chi connectivity index (χ3v) is 4.41. The second-order valence-corrected chi connectivity index (χ2v) is 7.76. The predicted octanol–water partition coefficient (Wildman–Crippen LogP) is -0.752. The van der Waals surface area contributed by atoms with Crippen molar-refractivity contribution < 1.29 is 34.2 Å². The summed E-state index contributed by atoms with van der Waals surface area (Å²) in [5, 5.41) is 25.0. The second kappa shape index (κ2) is 13.1. The highest BCUT2D eigenvalue weighted by atomic mass is 16.4. The Morgan fingerprint density at radius 2 is 1.56 bits per heavy atom. The van der Waals surface area contributed by atoms with Crippen LogP contribution in [0.25, 0.3) is 0 Å². The van der Waals surface area contributed by atoms with Gasteiger partial charge in [-0.1, -0.05) is 44.2 Å². The number of carboxylic acids is 2. The van der Waals surface area contributed by atoms with Gasteiger partial charge in [0.05, 0.1) is 19.0 Å². The summed E-state index contributed by atoms with van der Waals surface area (Å²) < 4.78 is 0. The Morgan fingerprint density at radius 1 is 0.938 bits per heavy atom. The fourth-order valence-electron chi connectivity index (χ4n) is 2.86. The lowest BCUT2D eigenvalue weighted by Gasteiger charge is -2.21. The minimum absolute atomic E-state index is 0.0264. The average Bonchev–Trinajstić information content (AvgIpc) is 2.70. The molecule has 0 aromatic heterocycles. The summed E-state index contributed by atoms with van der Waals surface area (Å²) in [6.07, 6.45) is -0.359. The van der Waals surface area contributed by atoms with Gasteiger partial charge in [0.2, 0.25) is 17.7 Å². The Kier molecular flexibility index (Phi) is 10.8. The fraction of sp³-hybridized carbons (Fsp3) is 0.476. The molecule has 32 heavy (non-hydrogen) atoms. The van der Waals surface area contributed by atoms with Gasteiger partial charge in [-0.2, -0.15) is 0 Å². The Bertz CT molecular complexity index is 814. The molecular formula is C21H30N4O7. The highest BCUT2D eigenvalue weighted by Gasteiger charge is 2.28. The summed E-state index contributed by atoms with van der Waals surface area (Å²) in [5.74, 6) is -4.78. The van der Waals surface area contributed by atoms with Gasteiger partial charge in [-0.05, 0) is 17.9 Å². The molecular weight excluding hydrogens is 420 g/mol. The topological polar surface area (TPSA) is 188 Å². The summed E-state index contributed by atoms with van der Waals surface area (Å²) in [5.41, 5.74) is 6.45. The molecule has 0 radical (unpaired) electrons. The molecule has 3 amide bonds. The van der Waals surface area contributed by atoms with Gasteiger partial charge < -0.3 is 31.9 Å². The summed E-state index contributed by atoms with van der Waals surface area (Å²) in [7, 11) is 0. The molecule has 1 aromatic rings. The van der Waals surface area contributed by atoms with Crippen molar-refractivity contribution in [2.45, 2.75) is 51.2 Å². The van der Waals surface area contributed by atoms with E-state index in [2.05, 4.69) is 16.0 Å². The summed E-state index contributed by atoms with van der Waals surface area (Å²) in [4.78, 5) is 59.1. The SMILES string of the molecule is CC(C)CC(N)C(=O)NCC(=O)NC(Cc1ccccc1)C(=O)NC(CC(=O)O)C(=O)O. The number of rotatable bonds is 13. The van der Waals surface area contributed by atoms with Crippen LogP contribution < -0.4 is 21.7 Å². The van der Waals surface area contributed by atoms with Crippen LogP contribution in [0.3, 0.4) is 0 Å². The van der Waals surface area contributed by atoms with Crippen LogP contribution in [0.1, 0.15) is 32.3 Å². The van der Waals surface area contributed by atoms with E-state index in [1.54, 1.807) is 30.3 Å². The van der Waals surface area contributed by atoms with Crippen molar-refractivity contribution in [3.8, 4) is 0 Å². The number of nitrogens with one attached hydrogen (secondary N) is 3. The summed E-state index contributed by atoms with van der Waals surface area (Å²) in [6.45, 7) is 3.38. The molecule has 0 saturated carbocycles. The van der Waals surface area contributed by atoms with E-state index in [4.69, 9.17) is 15.9 Å². The van der Waals surface area contributed by atoms with E-state index in [1.165, 1.54) is 0 Å². The van der Waals surface area contributed by atoms with Gasteiger partial charge >= 0.3 is 11.9 Å². The number of carbonyl (C=O) groups excluding carboxylic acids is 3. The molecule has 11 heteroatoms. The first-order chi connectivity index (χ1) is 15.0. The van der Waals surface area contributed by atoms with Gasteiger partial charge in [0, 0.05) is 6.42 Å². The third-order valence-electron chi connectivity index (χ3n) is 4.41. The van der Waals surface area contributed by atoms with E-state index >= 15 is 0 Å². The number of carboxylic acid groups (broad SMARTS) is 2. The zero-order valence-corrected chi connectivity index (χ0v) is 18.0. The minimum atomic E-state index is -1.66. The molecule has 0 fully saturated rings. The fourth-order valence-corrected chi connectivity index (χ4v) is 2.86. The van der Waals surface area contributed by atoms with Crippen LogP contribution >= 0.6 is 0 Å². The van der Waals surface area contributed by atoms with Gasteiger partial charge in [0.15, 0.2) is 0 Å². The molecule has 11 nitrogen and oxygen atoms in total. The lowest BCUT2D eigenvalue weighted by atomic mass is 10.0. The van der Waals surface area contributed by atoms with Crippen molar-refractivity contribution >= 4 is 29.7 Å². The van der Waals surface area contributed by atoms with Crippen molar-refractivity contribution in [3.63, 3.8) is 0 Å². The van der Waals surface area contributed by atoms with Crippen LogP contribution in [-0.4, -0.2) is 64.5 Å². The Balaban J connectivity index is 2.83. The van der Waals surface area contributed by atoms with Gasteiger partial charge in [-0.3, -0.25) is 19.2 Å². The van der Waals surface area contributed by atoms with Gasteiger partial charge in [0.1, 0.15) is 12.1 Å². The van der Waals surface area contributed by atoms with E-state index < -0.39 is 60.8 Å². The highest BCUT2D eigenvalue weighted by molar-refractivity contribution is 5.93. The van der Waals surface area contributed by atoms with Crippen molar-refractivity contribution in [2.24, 2.45) is 11.7 Å². The molecule has 0 heterocycles. The van der Waals surface area contributed by atoms with Crippen LogP contribution in [-0.2, 0) is 30.4 Å². The van der Waals surface area contributed by atoms with Crippen LogP contribution in [0.15, 0.2) is 30.3 Å². The Morgan fingerprint density at radius 3 is 2.09 bits per heavy atom. The molecule has 0 bridgehead atoms. The minimum Gasteiger partial charge on any atom is -0.481 e. The molecule has 1 rings (SSSR count). The molecule has 176 valence electrons. The molecule has 7 N–H and O–H groups in total. The first-order valence-electron chi connectivity index (χ1n) is 10.1. The normalized spacial score (nSPS) is 13.5. The molecule has 0 saturated heterocycles. The van der Waals surface area contributed by atoms with E-state index in [9.17, 15) is 24.0 Å². The number of amides is 3. The predicted molar refractivity (Wildman–Crippen MR) is 114 cm³/mol. The van der Waals surface area contributed by atoms with Crippen LogP contribution in [0.5, 0.6) is 0 Å². The molecule has 3 atom stereocenters. The molecule has 0 aliphatic rings. The van der Waals surface area contributed by atoms with Crippen LogP contribution in [0.4, 0.5) is 0 Å². The van der Waals surface area contributed by atoms with E-state index in [0.29, 0.717) is 12.0 Å². The number of hydrogen-bond donors (Lipinski definition) is 6. The molecule has 3 unspecified atom stereocenters. The first-order valence-corrected chi connectivity index (χ1v) is 10.1. The average molecular weight is 450 g/mol. The second-order valence-electron chi connectivity index (χ2n) is 7.76. The molecule has 0 spiro atoms. The molecule has 0 aliphatic heterocycles. The maximum Gasteiger partial charge on any atom is 0.326 e. The van der Waals surface area contributed by atoms with Gasteiger partial charge in [-0.25, -0.2) is 4.79 Å². The lowest BCUT2D eigenvalue weighted by Crippen LogP contribution is -2.54. The van der Waals surface area contributed by atoms with Crippen molar-refractivity contribution in [1.82, 2.24) is 16.0 Å². The van der Waals surface area contributed by atoms with E-state index in [-0.39, 0.29) is 12.3 Å². The first kappa shape index (κ1) is 26.6. The van der Waals surface area contributed by atoms with Gasteiger partial charge in [0.25, 0.3) is 0 Å². The molecule has 0 aliphatic carbocycles. The maximum absolute atomic E-state index is 12.7. The number of nitrogens with two attached hydrogens (primary N) is 1. The number of benzene rings is 1. The standard InChI is InChI=1S/C21H30N4O7/c1-12(2)8-14(22)19(29)23-11-17(26)24-15(9-13-6-4-3-5-7-13)20(30)25-16(21(31)32)10-18(27)28/h3-7,12,14-16H,8-11,22H2,1-2H3,(H,23,29)(H,24,26)(H,25,30)(H,27,28)(H,31,32). The highest BCUT2D eigenvalue weighted by Crippen LogP contribution is 2.05. The monoisotopic (exact) mass is 450 g/mol. The number of aliphatic carboxylic acids is 2. The van der Waals surface area contributed by atoms with Crippen molar-refractivity contribution in [3.05, 3.63) is 35.9 Å². The molecule has 1 aromatic carbocycles. The number of hydrogen-bond acceptors (Lipinski definition) is 6. The lowest BCUT2D eigenvalue weighted by molar-refractivity contribution is -0.147. The smallest absolute Gasteiger partial charge is 0.326 e. The largest absolute Gasteiger partial charge is 0.481 e. The zero-order chi connectivity index (χ0) is 24.3. The third kappa shape index (κ3) is 10.0. The summed E-state index contributed by atoms with van der Waals surface area (Å²) in [6, 6.07) is 5.01. The number of carbonyl (C=O) groups is 5. The Hall–Kier alpha value is -3.47. The van der Waals surface area contributed by atoms with Gasteiger partial charge in [-0.15, -0.1) is 0 Å². The quantitative estimate of drug-likeness (QED) is 0.226. The van der Waals surface area contributed by atoms with E-state index in [1.807, 2.05) is 13.8 Å². The van der Waals surface area contributed by atoms with Crippen LogP contribution in [0, 0.1) is 5.92 Å². The van der Waals surface area contributed by atoms with Crippen molar-refractivity contribution in [1.29, 1.82) is 0 Å². The van der Waals surface area contributed by atoms with E-state index in [0.717, 1.165) is 0 Å². The van der Waals surface area contributed by atoms with Crippen molar-refractivity contribution in [2.75, 3.05) is 6.54 Å². The zero-order valence-electron chi connectivity index (χ0n) is 18.0.